The Labute approximate surface area is 95.5 Å². The van der Waals surface area contributed by atoms with Crippen LogP contribution in [0.3, 0.4) is 0 Å². The number of ether oxygens (including phenoxy) is 1. The molecule has 3 nitrogen and oxygen atoms in total. The van der Waals surface area contributed by atoms with Gasteiger partial charge in [0.25, 0.3) is 0 Å². The Hall–Kier alpha value is -1.98. The summed E-state index contributed by atoms with van der Waals surface area (Å²) in [7, 11) is 0. The summed E-state index contributed by atoms with van der Waals surface area (Å²) in [6, 6.07) is 6.04. The molecule has 1 aromatic carbocycles. The van der Waals surface area contributed by atoms with Crippen LogP contribution in [-0.2, 0) is 6.54 Å². The Morgan fingerprint density at radius 3 is 2.65 bits per heavy atom. The van der Waals surface area contributed by atoms with Crippen molar-refractivity contribution in [3.63, 3.8) is 0 Å². The van der Waals surface area contributed by atoms with E-state index in [0.717, 1.165) is 0 Å². The van der Waals surface area contributed by atoms with Gasteiger partial charge in [-0.05, 0) is 6.07 Å². The first-order valence-corrected chi connectivity index (χ1v) is 4.84. The standard InChI is InChI=1S/C11H9F3N2O/c12-11(13,14)17-10-4-2-1-3-9(10)7-16-6-5-15-8-16/h1-6,8H,7H2. The van der Waals surface area contributed by atoms with Crippen LogP contribution in [-0.4, -0.2) is 15.9 Å². The minimum absolute atomic E-state index is 0.186. The summed E-state index contributed by atoms with van der Waals surface area (Å²) in [4.78, 5) is 3.82. The van der Waals surface area contributed by atoms with Gasteiger partial charge in [-0.3, -0.25) is 0 Å². The van der Waals surface area contributed by atoms with Gasteiger partial charge in [-0.2, -0.15) is 0 Å². The van der Waals surface area contributed by atoms with Crippen molar-refractivity contribution >= 4 is 0 Å². The molecule has 1 aromatic heterocycles. The van der Waals surface area contributed by atoms with E-state index in [1.807, 2.05) is 0 Å². The maximum absolute atomic E-state index is 12.2. The normalized spacial score (nSPS) is 11.5. The van der Waals surface area contributed by atoms with Crippen molar-refractivity contribution in [3.8, 4) is 5.75 Å². The number of para-hydroxylation sites is 1. The summed E-state index contributed by atoms with van der Waals surface area (Å²) in [6.07, 6.45) is 0.0903. The number of imidazole rings is 1. The highest BCUT2D eigenvalue weighted by Gasteiger charge is 2.31. The van der Waals surface area contributed by atoms with Crippen LogP contribution in [0.5, 0.6) is 5.75 Å². The molecule has 6 heteroatoms. The topological polar surface area (TPSA) is 27.1 Å². The molecule has 0 aliphatic heterocycles. The van der Waals surface area contributed by atoms with Crippen molar-refractivity contribution in [1.82, 2.24) is 9.55 Å². The SMILES string of the molecule is FC(F)(F)Oc1ccccc1Cn1ccnc1. The highest BCUT2D eigenvalue weighted by molar-refractivity contribution is 5.33. The molecule has 0 atom stereocenters. The molecular weight excluding hydrogens is 233 g/mol. The van der Waals surface area contributed by atoms with Gasteiger partial charge in [-0.15, -0.1) is 13.2 Å². The zero-order valence-corrected chi connectivity index (χ0v) is 8.69. The Morgan fingerprint density at radius 1 is 1.24 bits per heavy atom. The van der Waals surface area contributed by atoms with Gasteiger partial charge in [-0.1, -0.05) is 18.2 Å². The van der Waals surface area contributed by atoms with E-state index >= 15 is 0 Å². The molecule has 0 saturated carbocycles. The van der Waals surface area contributed by atoms with Crippen LogP contribution in [0.15, 0.2) is 43.0 Å². The molecule has 0 aliphatic rings. The second kappa shape index (κ2) is 4.48. The van der Waals surface area contributed by atoms with Gasteiger partial charge in [0.1, 0.15) is 5.75 Å². The average Bonchev–Trinajstić information content (AvgIpc) is 2.71. The van der Waals surface area contributed by atoms with Crippen molar-refractivity contribution in [2.24, 2.45) is 0 Å². The fourth-order valence-corrected chi connectivity index (χ4v) is 1.44. The average molecular weight is 242 g/mol. The largest absolute Gasteiger partial charge is 0.573 e. The van der Waals surface area contributed by atoms with E-state index in [9.17, 15) is 13.2 Å². The van der Waals surface area contributed by atoms with E-state index in [-0.39, 0.29) is 12.3 Å². The number of nitrogens with zero attached hydrogens (tertiary/aromatic N) is 2. The van der Waals surface area contributed by atoms with Gasteiger partial charge in [0.05, 0.1) is 12.9 Å². The highest BCUT2D eigenvalue weighted by Crippen LogP contribution is 2.26. The quantitative estimate of drug-likeness (QED) is 0.827. The van der Waals surface area contributed by atoms with Crippen molar-refractivity contribution < 1.29 is 17.9 Å². The molecule has 0 amide bonds. The lowest BCUT2D eigenvalue weighted by atomic mass is 10.2. The Bertz CT molecular complexity index is 480. The first kappa shape index (κ1) is 11.5. The molecule has 2 aromatic rings. The van der Waals surface area contributed by atoms with Gasteiger partial charge in [0.15, 0.2) is 0 Å². The van der Waals surface area contributed by atoms with E-state index in [1.54, 1.807) is 29.1 Å². The third-order valence-electron chi connectivity index (χ3n) is 2.11. The Kier molecular flexibility index (Phi) is 3.03. The molecule has 0 spiro atoms. The monoisotopic (exact) mass is 242 g/mol. The molecule has 0 aliphatic carbocycles. The molecule has 2 rings (SSSR count). The summed E-state index contributed by atoms with van der Waals surface area (Å²) in [5.74, 6) is -0.186. The number of rotatable bonds is 3. The van der Waals surface area contributed by atoms with Crippen molar-refractivity contribution in [3.05, 3.63) is 48.5 Å². The summed E-state index contributed by atoms with van der Waals surface area (Å²) in [5, 5.41) is 0. The van der Waals surface area contributed by atoms with E-state index in [0.29, 0.717) is 5.56 Å². The minimum Gasteiger partial charge on any atom is -0.405 e. The van der Waals surface area contributed by atoms with Crippen LogP contribution in [0.1, 0.15) is 5.56 Å². The summed E-state index contributed by atoms with van der Waals surface area (Å²) in [5.41, 5.74) is 0.447. The molecule has 0 N–H and O–H groups in total. The molecule has 0 fully saturated rings. The first-order valence-electron chi connectivity index (χ1n) is 4.84. The molecule has 17 heavy (non-hydrogen) atoms. The lowest BCUT2D eigenvalue weighted by Crippen LogP contribution is -2.18. The van der Waals surface area contributed by atoms with E-state index in [2.05, 4.69) is 9.72 Å². The minimum atomic E-state index is -4.68. The fourth-order valence-electron chi connectivity index (χ4n) is 1.44. The van der Waals surface area contributed by atoms with E-state index in [4.69, 9.17) is 0 Å². The number of alkyl halides is 3. The Balaban J connectivity index is 2.22. The lowest BCUT2D eigenvalue weighted by Gasteiger charge is -2.13. The Morgan fingerprint density at radius 2 is 2.00 bits per heavy atom. The zero-order chi connectivity index (χ0) is 12.3. The van der Waals surface area contributed by atoms with E-state index in [1.165, 1.54) is 18.5 Å². The van der Waals surface area contributed by atoms with Gasteiger partial charge in [0.2, 0.25) is 0 Å². The van der Waals surface area contributed by atoms with Crippen molar-refractivity contribution in [2.75, 3.05) is 0 Å². The van der Waals surface area contributed by atoms with Crippen LogP contribution in [0.2, 0.25) is 0 Å². The molecule has 0 saturated heterocycles. The maximum Gasteiger partial charge on any atom is 0.573 e. The second-order valence-electron chi connectivity index (χ2n) is 3.39. The molecule has 0 unspecified atom stereocenters. The first-order chi connectivity index (χ1) is 8.04. The van der Waals surface area contributed by atoms with Crippen LogP contribution in [0, 0.1) is 0 Å². The molecule has 0 radical (unpaired) electrons. The highest BCUT2D eigenvalue weighted by atomic mass is 19.4. The third kappa shape index (κ3) is 3.24. The van der Waals surface area contributed by atoms with Crippen LogP contribution >= 0.6 is 0 Å². The smallest absolute Gasteiger partial charge is 0.405 e. The molecule has 90 valence electrons. The fraction of sp³-hybridized carbons (Fsp3) is 0.182. The molecular formula is C11H9F3N2O. The predicted octanol–water partition coefficient (Wildman–Crippen LogP) is 2.83. The van der Waals surface area contributed by atoms with Crippen molar-refractivity contribution in [2.45, 2.75) is 12.9 Å². The zero-order valence-electron chi connectivity index (χ0n) is 8.69. The van der Waals surface area contributed by atoms with Gasteiger partial charge >= 0.3 is 6.36 Å². The summed E-state index contributed by atoms with van der Waals surface area (Å²) in [6.45, 7) is 0.284. The number of benzene rings is 1. The van der Waals surface area contributed by atoms with Crippen molar-refractivity contribution in [1.29, 1.82) is 0 Å². The second-order valence-corrected chi connectivity index (χ2v) is 3.39. The summed E-state index contributed by atoms with van der Waals surface area (Å²) < 4.78 is 42.1. The van der Waals surface area contributed by atoms with E-state index < -0.39 is 6.36 Å². The number of hydrogen-bond donors (Lipinski definition) is 0. The van der Waals surface area contributed by atoms with Crippen LogP contribution in [0.25, 0.3) is 0 Å². The van der Waals surface area contributed by atoms with Gasteiger partial charge in [0, 0.05) is 18.0 Å². The molecule has 0 bridgehead atoms. The number of hydrogen-bond acceptors (Lipinski definition) is 2. The predicted molar refractivity (Wildman–Crippen MR) is 54.5 cm³/mol. The molecule has 1 heterocycles. The van der Waals surface area contributed by atoms with Gasteiger partial charge < -0.3 is 9.30 Å². The third-order valence-corrected chi connectivity index (χ3v) is 2.11. The number of aromatic nitrogens is 2. The van der Waals surface area contributed by atoms with Crippen LogP contribution < -0.4 is 4.74 Å². The summed E-state index contributed by atoms with van der Waals surface area (Å²) >= 11 is 0. The maximum atomic E-state index is 12.2. The lowest BCUT2D eigenvalue weighted by molar-refractivity contribution is -0.274. The van der Waals surface area contributed by atoms with Gasteiger partial charge in [-0.25, -0.2) is 4.98 Å². The van der Waals surface area contributed by atoms with Crippen LogP contribution in [0.4, 0.5) is 13.2 Å². The number of halogens is 3.